The van der Waals surface area contributed by atoms with Crippen LogP contribution in [0, 0.1) is 12.7 Å². The molecular weight excluding hydrogens is 371 g/mol. The first kappa shape index (κ1) is 19.0. The lowest BCUT2D eigenvalue weighted by atomic mass is 10.2. The third-order valence-corrected chi connectivity index (χ3v) is 5.11. The van der Waals surface area contributed by atoms with Crippen LogP contribution in [-0.4, -0.2) is 53.9 Å². The Morgan fingerprint density at radius 1 is 1.00 bits per heavy atom. The van der Waals surface area contributed by atoms with E-state index in [2.05, 4.69) is 10.00 Å². The van der Waals surface area contributed by atoms with Gasteiger partial charge in [0.2, 0.25) is 0 Å². The van der Waals surface area contributed by atoms with Crippen molar-refractivity contribution in [2.75, 3.05) is 38.2 Å². The third kappa shape index (κ3) is 3.94. The van der Waals surface area contributed by atoms with Gasteiger partial charge in [0.25, 0.3) is 5.91 Å². The molecule has 4 rings (SSSR count). The first-order valence-electron chi connectivity index (χ1n) is 9.56. The number of hydrogen-bond acceptors (Lipinski definition) is 4. The highest BCUT2D eigenvalue weighted by Gasteiger charge is 2.25. The molecule has 0 atom stereocenters. The number of carbonyl (C=O) groups is 1. The van der Waals surface area contributed by atoms with E-state index < -0.39 is 0 Å². The van der Waals surface area contributed by atoms with Gasteiger partial charge in [0.05, 0.1) is 18.5 Å². The van der Waals surface area contributed by atoms with Gasteiger partial charge in [-0.05, 0) is 49.4 Å². The summed E-state index contributed by atoms with van der Waals surface area (Å²) in [6.45, 7) is 4.46. The molecule has 3 aromatic rings. The van der Waals surface area contributed by atoms with Crippen LogP contribution in [-0.2, 0) is 0 Å². The maximum absolute atomic E-state index is 13.2. The van der Waals surface area contributed by atoms with Crippen LogP contribution in [0.2, 0.25) is 0 Å². The Balaban J connectivity index is 1.51. The fourth-order valence-corrected chi connectivity index (χ4v) is 3.57. The van der Waals surface area contributed by atoms with Crippen molar-refractivity contribution in [2.24, 2.45) is 0 Å². The number of ether oxygens (including phenoxy) is 1. The highest BCUT2D eigenvalue weighted by molar-refractivity contribution is 5.93. The van der Waals surface area contributed by atoms with Crippen LogP contribution in [0.25, 0.3) is 5.69 Å². The van der Waals surface area contributed by atoms with Crippen molar-refractivity contribution in [1.29, 1.82) is 0 Å². The van der Waals surface area contributed by atoms with Crippen molar-refractivity contribution in [1.82, 2.24) is 14.7 Å². The number of piperazine rings is 1. The molecule has 1 aliphatic heterocycles. The number of benzene rings is 2. The van der Waals surface area contributed by atoms with E-state index in [1.165, 1.54) is 12.1 Å². The third-order valence-electron chi connectivity index (χ3n) is 5.11. The molecule has 0 N–H and O–H groups in total. The number of hydrogen-bond donors (Lipinski definition) is 0. The number of carbonyl (C=O) groups excluding carboxylic acids is 1. The van der Waals surface area contributed by atoms with Gasteiger partial charge in [-0.3, -0.25) is 4.79 Å². The SMILES string of the molecule is COc1cccc(-n2nc(C)cc2C(=O)N2CCN(c3ccc(F)cc3)CC2)c1. The van der Waals surface area contributed by atoms with Crippen LogP contribution in [0.15, 0.2) is 54.6 Å². The van der Waals surface area contributed by atoms with Crippen molar-refractivity contribution in [3.63, 3.8) is 0 Å². The number of aryl methyl sites for hydroxylation is 1. The zero-order chi connectivity index (χ0) is 20.4. The summed E-state index contributed by atoms with van der Waals surface area (Å²) in [5.74, 6) is 0.415. The Hall–Kier alpha value is -3.35. The first-order chi connectivity index (χ1) is 14.0. The number of amides is 1. The largest absolute Gasteiger partial charge is 0.497 e. The monoisotopic (exact) mass is 394 g/mol. The lowest BCUT2D eigenvalue weighted by Gasteiger charge is -2.36. The van der Waals surface area contributed by atoms with E-state index in [0.717, 1.165) is 17.1 Å². The summed E-state index contributed by atoms with van der Waals surface area (Å²) in [6, 6.07) is 15.8. The Labute approximate surface area is 169 Å². The summed E-state index contributed by atoms with van der Waals surface area (Å²) in [5, 5.41) is 4.51. The lowest BCUT2D eigenvalue weighted by Crippen LogP contribution is -2.49. The zero-order valence-electron chi connectivity index (χ0n) is 16.5. The van der Waals surface area contributed by atoms with E-state index in [-0.39, 0.29) is 11.7 Å². The molecule has 150 valence electrons. The van der Waals surface area contributed by atoms with E-state index in [9.17, 15) is 9.18 Å². The fourth-order valence-electron chi connectivity index (χ4n) is 3.57. The van der Waals surface area contributed by atoms with Gasteiger partial charge in [-0.2, -0.15) is 5.10 Å². The predicted molar refractivity (Wildman–Crippen MR) is 109 cm³/mol. The van der Waals surface area contributed by atoms with E-state index >= 15 is 0 Å². The normalized spacial score (nSPS) is 14.2. The predicted octanol–water partition coefficient (Wildman–Crippen LogP) is 3.29. The summed E-state index contributed by atoms with van der Waals surface area (Å²) in [6.07, 6.45) is 0. The van der Waals surface area contributed by atoms with Crippen molar-refractivity contribution in [3.05, 3.63) is 71.8 Å². The summed E-state index contributed by atoms with van der Waals surface area (Å²) in [7, 11) is 1.61. The van der Waals surface area contributed by atoms with Crippen LogP contribution in [0.1, 0.15) is 16.2 Å². The lowest BCUT2D eigenvalue weighted by molar-refractivity contribution is 0.0737. The maximum Gasteiger partial charge on any atom is 0.272 e. The average Bonchev–Trinajstić information content (AvgIpc) is 3.15. The fraction of sp³-hybridized carbons (Fsp3) is 0.273. The van der Waals surface area contributed by atoms with Gasteiger partial charge in [-0.1, -0.05) is 6.07 Å². The average molecular weight is 394 g/mol. The van der Waals surface area contributed by atoms with Crippen molar-refractivity contribution >= 4 is 11.6 Å². The molecule has 0 radical (unpaired) electrons. The van der Waals surface area contributed by atoms with Crippen LogP contribution < -0.4 is 9.64 Å². The summed E-state index contributed by atoms with van der Waals surface area (Å²) >= 11 is 0. The smallest absolute Gasteiger partial charge is 0.272 e. The number of aromatic nitrogens is 2. The molecule has 0 unspecified atom stereocenters. The minimum Gasteiger partial charge on any atom is -0.497 e. The molecule has 29 heavy (non-hydrogen) atoms. The molecule has 1 fully saturated rings. The van der Waals surface area contributed by atoms with E-state index in [1.54, 1.807) is 23.9 Å². The zero-order valence-corrected chi connectivity index (χ0v) is 16.5. The molecule has 1 aromatic heterocycles. The van der Waals surface area contributed by atoms with Crippen molar-refractivity contribution in [3.8, 4) is 11.4 Å². The molecule has 0 spiro atoms. The second-order valence-electron chi connectivity index (χ2n) is 7.04. The number of halogens is 1. The minimum absolute atomic E-state index is 0.0489. The number of methoxy groups -OCH3 is 1. The quantitative estimate of drug-likeness (QED) is 0.681. The van der Waals surface area contributed by atoms with Gasteiger partial charge in [0.1, 0.15) is 17.3 Å². The van der Waals surface area contributed by atoms with Crippen LogP contribution in [0.4, 0.5) is 10.1 Å². The topological polar surface area (TPSA) is 50.6 Å². The van der Waals surface area contributed by atoms with Gasteiger partial charge in [0.15, 0.2) is 0 Å². The summed E-state index contributed by atoms with van der Waals surface area (Å²) < 4.78 is 20.1. The van der Waals surface area contributed by atoms with Crippen LogP contribution in [0.5, 0.6) is 5.75 Å². The number of nitrogens with zero attached hydrogens (tertiary/aromatic N) is 4. The highest BCUT2D eigenvalue weighted by atomic mass is 19.1. The van der Waals surface area contributed by atoms with Gasteiger partial charge in [0, 0.05) is 37.9 Å². The minimum atomic E-state index is -0.247. The molecule has 2 aromatic carbocycles. The molecular formula is C22H23FN4O2. The van der Waals surface area contributed by atoms with E-state index in [4.69, 9.17) is 4.74 Å². The molecule has 0 saturated carbocycles. The Bertz CT molecular complexity index is 1010. The molecule has 6 nitrogen and oxygen atoms in total. The number of rotatable bonds is 4. The Morgan fingerprint density at radius 3 is 2.41 bits per heavy atom. The Kier molecular flexibility index (Phi) is 5.20. The molecule has 2 heterocycles. The molecule has 0 aliphatic carbocycles. The van der Waals surface area contributed by atoms with Crippen molar-refractivity contribution in [2.45, 2.75) is 6.92 Å². The summed E-state index contributed by atoms with van der Waals surface area (Å²) in [4.78, 5) is 17.2. The Morgan fingerprint density at radius 2 is 1.72 bits per heavy atom. The second kappa shape index (κ2) is 7.95. The standard InChI is InChI=1S/C22H23FN4O2/c1-16-14-21(27(24-16)19-4-3-5-20(15-19)29-2)22(28)26-12-10-25(11-13-26)18-8-6-17(23)7-9-18/h3-9,14-15H,10-13H2,1-2H3. The van der Waals surface area contributed by atoms with Gasteiger partial charge >= 0.3 is 0 Å². The molecule has 0 bridgehead atoms. The van der Waals surface area contributed by atoms with Crippen molar-refractivity contribution < 1.29 is 13.9 Å². The van der Waals surface area contributed by atoms with Gasteiger partial charge in [-0.25, -0.2) is 9.07 Å². The van der Waals surface area contributed by atoms with E-state index in [0.29, 0.717) is 37.6 Å². The first-order valence-corrected chi connectivity index (χ1v) is 9.56. The van der Waals surface area contributed by atoms with E-state index in [1.807, 2.05) is 42.2 Å². The molecule has 1 amide bonds. The number of anilines is 1. The molecule has 1 saturated heterocycles. The van der Waals surface area contributed by atoms with Crippen LogP contribution >= 0.6 is 0 Å². The highest BCUT2D eigenvalue weighted by Crippen LogP contribution is 2.21. The summed E-state index contributed by atoms with van der Waals surface area (Å²) in [5.41, 5.74) is 3.06. The van der Waals surface area contributed by atoms with Crippen LogP contribution in [0.3, 0.4) is 0 Å². The molecule has 7 heteroatoms. The second-order valence-corrected chi connectivity index (χ2v) is 7.04. The van der Waals surface area contributed by atoms with Gasteiger partial charge in [-0.15, -0.1) is 0 Å². The maximum atomic E-state index is 13.2. The van der Waals surface area contributed by atoms with Gasteiger partial charge < -0.3 is 14.5 Å². The molecule has 1 aliphatic rings.